The van der Waals surface area contributed by atoms with Gasteiger partial charge in [0.05, 0.1) is 10.6 Å². The molecule has 1 aliphatic rings. The van der Waals surface area contributed by atoms with Crippen LogP contribution in [-0.4, -0.2) is 4.98 Å². The van der Waals surface area contributed by atoms with Gasteiger partial charge in [-0.15, -0.1) is 11.3 Å². The minimum Gasteiger partial charge on any atom is -0.393 e. The maximum absolute atomic E-state index is 5.39. The quantitative estimate of drug-likeness (QED) is 0.649. The van der Waals surface area contributed by atoms with Crippen LogP contribution in [-0.2, 0) is 4.84 Å². The maximum Gasteiger partial charge on any atom is 0.154 e. The summed E-state index contributed by atoms with van der Waals surface area (Å²) in [6, 6.07) is 0. The molecule has 0 amide bonds. The van der Waals surface area contributed by atoms with Gasteiger partial charge in [0.1, 0.15) is 5.01 Å². The van der Waals surface area contributed by atoms with Crippen LogP contribution in [0.1, 0.15) is 28.4 Å². The second-order valence-corrected chi connectivity index (χ2v) is 4.82. The third-order valence-corrected chi connectivity index (χ3v) is 3.80. The van der Waals surface area contributed by atoms with Gasteiger partial charge in [-0.25, -0.2) is 4.98 Å². The molecule has 0 aromatic carbocycles. The molecule has 1 aromatic rings. The Balaban J connectivity index is 2.45. The van der Waals surface area contributed by atoms with Crippen molar-refractivity contribution in [3.63, 3.8) is 0 Å². The Morgan fingerprint density at radius 1 is 1.44 bits per heavy atom. The number of hydrogen-bond donors (Lipinski definition) is 1. The van der Waals surface area contributed by atoms with E-state index in [-0.39, 0.29) is 0 Å². The Labute approximate surface area is 115 Å². The van der Waals surface area contributed by atoms with Gasteiger partial charge in [0.2, 0.25) is 0 Å². The Kier molecular flexibility index (Phi) is 4.36. The van der Waals surface area contributed by atoms with Crippen LogP contribution in [0.2, 0.25) is 0 Å². The number of rotatable bonds is 5. The predicted molar refractivity (Wildman–Crippen MR) is 77.7 cm³/mol. The number of hydrogen-bond acceptors (Lipinski definition) is 4. The molecule has 1 N–H and O–H groups in total. The molecular formula is C13H13ClN2OS. The van der Waals surface area contributed by atoms with Crippen molar-refractivity contribution in [1.29, 1.82) is 0 Å². The summed E-state index contributed by atoms with van der Waals surface area (Å²) in [7, 11) is 0. The van der Waals surface area contributed by atoms with Gasteiger partial charge >= 0.3 is 0 Å². The summed E-state index contributed by atoms with van der Waals surface area (Å²) in [5.41, 5.74) is 1.90. The van der Waals surface area contributed by atoms with Crippen LogP contribution in [0, 0.1) is 0 Å². The molecule has 1 aromatic heterocycles. The average Bonchev–Trinajstić information content (AvgIpc) is 2.83. The highest BCUT2D eigenvalue weighted by Gasteiger charge is 2.17. The zero-order valence-corrected chi connectivity index (χ0v) is 11.4. The number of nitrogens with one attached hydrogen (secondary N) is 1. The molecule has 0 saturated carbocycles. The van der Waals surface area contributed by atoms with Gasteiger partial charge in [0.25, 0.3) is 0 Å². The predicted octanol–water partition coefficient (Wildman–Crippen LogP) is 4.17. The van der Waals surface area contributed by atoms with Crippen LogP contribution in [0.4, 0.5) is 0 Å². The maximum atomic E-state index is 5.39. The molecule has 0 saturated heterocycles. The minimum absolute atomic E-state index is 0.705. The molecule has 0 unspecified atom stereocenters. The van der Waals surface area contributed by atoms with E-state index in [0.717, 1.165) is 34.0 Å². The third kappa shape index (κ3) is 2.56. The van der Waals surface area contributed by atoms with Crippen molar-refractivity contribution >= 4 is 40.8 Å². The first kappa shape index (κ1) is 13.1. The molecule has 1 aliphatic carbocycles. The molecule has 2 rings (SSSR count). The summed E-state index contributed by atoms with van der Waals surface area (Å²) >= 11 is 6.97. The molecule has 0 spiro atoms. The van der Waals surface area contributed by atoms with Gasteiger partial charge < -0.3 is 4.84 Å². The smallest absolute Gasteiger partial charge is 0.154 e. The van der Waals surface area contributed by atoms with E-state index in [1.54, 1.807) is 23.5 Å². The topological polar surface area (TPSA) is 34.1 Å². The van der Waals surface area contributed by atoms with E-state index in [1.165, 1.54) is 0 Å². The lowest BCUT2D eigenvalue weighted by atomic mass is 10.0. The van der Waals surface area contributed by atoms with Crippen LogP contribution >= 0.6 is 23.1 Å². The van der Waals surface area contributed by atoms with E-state index < -0.39 is 0 Å². The Morgan fingerprint density at radius 2 is 2.28 bits per heavy atom. The van der Waals surface area contributed by atoms with E-state index in [2.05, 4.69) is 23.1 Å². The van der Waals surface area contributed by atoms with Crippen molar-refractivity contribution in [3.8, 4) is 0 Å². The fourth-order valence-corrected chi connectivity index (χ4v) is 2.83. The minimum atomic E-state index is 0.705. The average molecular weight is 281 g/mol. The molecule has 0 aliphatic heterocycles. The van der Waals surface area contributed by atoms with Crippen molar-refractivity contribution in [2.45, 2.75) is 12.8 Å². The SMILES string of the molecule is C=Cc1nc(C2=C(ONCl)C=CCC2)sc1C=C. The Hall–Kier alpha value is -1.36. The van der Waals surface area contributed by atoms with E-state index in [4.69, 9.17) is 16.6 Å². The fourth-order valence-electron chi connectivity index (χ4n) is 1.76. The van der Waals surface area contributed by atoms with E-state index >= 15 is 0 Å². The first-order valence-corrected chi connectivity index (χ1v) is 6.67. The fraction of sp³-hybridized carbons (Fsp3) is 0.154. The van der Waals surface area contributed by atoms with E-state index in [9.17, 15) is 0 Å². The molecule has 94 valence electrons. The summed E-state index contributed by atoms with van der Waals surface area (Å²) in [6.45, 7) is 7.54. The van der Waals surface area contributed by atoms with Gasteiger partial charge in [0, 0.05) is 17.3 Å². The molecule has 1 heterocycles. The summed E-state index contributed by atoms with van der Waals surface area (Å²) in [5, 5.41) is 0.922. The Morgan fingerprint density at radius 3 is 2.89 bits per heavy atom. The van der Waals surface area contributed by atoms with Gasteiger partial charge in [-0.1, -0.05) is 24.2 Å². The molecule has 0 fully saturated rings. The summed E-state index contributed by atoms with van der Waals surface area (Å²) in [4.78, 5) is 12.9. The lowest BCUT2D eigenvalue weighted by Crippen LogP contribution is -2.04. The number of allylic oxidation sites excluding steroid dienone is 3. The molecule has 5 heteroatoms. The first-order chi connectivity index (χ1) is 8.80. The Bertz CT molecular complexity index is 506. The van der Waals surface area contributed by atoms with Gasteiger partial charge in [0.15, 0.2) is 5.76 Å². The highest BCUT2D eigenvalue weighted by molar-refractivity contribution is 7.13. The molecule has 0 bridgehead atoms. The van der Waals surface area contributed by atoms with Crippen LogP contribution < -0.4 is 5.00 Å². The first-order valence-electron chi connectivity index (χ1n) is 5.48. The van der Waals surface area contributed by atoms with Gasteiger partial charge in [-0.3, -0.25) is 0 Å². The summed E-state index contributed by atoms with van der Waals surface area (Å²) in [5.74, 6) is 0.705. The highest BCUT2D eigenvalue weighted by atomic mass is 35.5. The number of nitrogens with zero attached hydrogens (tertiary/aromatic N) is 1. The van der Waals surface area contributed by atoms with Crippen molar-refractivity contribution in [3.05, 3.63) is 46.6 Å². The largest absolute Gasteiger partial charge is 0.393 e. The molecule has 0 atom stereocenters. The van der Waals surface area contributed by atoms with Gasteiger partial charge in [-0.2, -0.15) is 0 Å². The standard InChI is InChI=1S/C13H13ClN2OS/c1-3-10-12(4-2)18-13(15-10)9-7-5-6-8-11(9)17-16-14/h3-4,6,8,16H,1-2,5,7H2. The van der Waals surface area contributed by atoms with Crippen LogP contribution in [0.15, 0.2) is 31.1 Å². The lowest BCUT2D eigenvalue weighted by Gasteiger charge is -2.12. The monoisotopic (exact) mass is 280 g/mol. The summed E-state index contributed by atoms with van der Waals surface area (Å²) < 4.78 is 0. The van der Waals surface area contributed by atoms with Crippen LogP contribution in [0.3, 0.4) is 0 Å². The molecule has 18 heavy (non-hydrogen) atoms. The molecule has 0 radical (unpaired) electrons. The van der Waals surface area contributed by atoms with Crippen LogP contribution in [0.25, 0.3) is 17.7 Å². The second-order valence-electron chi connectivity index (χ2n) is 3.64. The zero-order chi connectivity index (χ0) is 13.0. The lowest BCUT2D eigenvalue weighted by molar-refractivity contribution is 0.183. The van der Waals surface area contributed by atoms with E-state index in [0.29, 0.717) is 5.76 Å². The normalized spacial score (nSPS) is 14.7. The third-order valence-electron chi connectivity index (χ3n) is 2.59. The second kappa shape index (κ2) is 6.00. The van der Waals surface area contributed by atoms with E-state index in [1.807, 2.05) is 12.2 Å². The number of halogens is 1. The van der Waals surface area contributed by atoms with Crippen molar-refractivity contribution in [2.75, 3.05) is 0 Å². The molecular weight excluding hydrogens is 268 g/mol. The number of thiazole rings is 1. The van der Waals surface area contributed by atoms with Crippen molar-refractivity contribution in [2.24, 2.45) is 0 Å². The molecule has 3 nitrogen and oxygen atoms in total. The van der Waals surface area contributed by atoms with Crippen molar-refractivity contribution < 1.29 is 4.84 Å². The number of aromatic nitrogens is 1. The zero-order valence-electron chi connectivity index (χ0n) is 9.78. The van der Waals surface area contributed by atoms with Gasteiger partial charge in [-0.05, 0) is 31.1 Å². The highest BCUT2D eigenvalue weighted by Crippen LogP contribution is 2.33. The van der Waals surface area contributed by atoms with Crippen LogP contribution in [0.5, 0.6) is 0 Å². The van der Waals surface area contributed by atoms with Crippen molar-refractivity contribution in [1.82, 2.24) is 9.98 Å². The summed E-state index contributed by atoms with van der Waals surface area (Å²) in [6.07, 6.45) is 9.32.